The average Bonchev–Trinajstić information content (AvgIpc) is 3.00. The van der Waals surface area contributed by atoms with Gasteiger partial charge in [0.05, 0.1) is 23.6 Å². The van der Waals surface area contributed by atoms with Crippen LogP contribution < -0.4 is 5.32 Å². The molecule has 1 aromatic carbocycles. The molecule has 27 heavy (non-hydrogen) atoms. The Bertz CT molecular complexity index is 784. The zero-order valence-electron chi connectivity index (χ0n) is 16.0. The number of amides is 1. The highest BCUT2D eigenvalue weighted by Gasteiger charge is 2.21. The van der Waals surface area contributed by atoms with E-state index in [0.717, 1.165) is 31.7 Å². The number of hydrogen-bond donors (Lipinski definition) is 1. The fraction of sp³-hybridized carbons (Fsp3) is 0.526. The Morgan fingerprint density at radius 2 is 2.04 bits per heavy atom. The minimum atomic E-state index is -0.204. The van der Waals surface area contributed by atoms with Gasteiger partial charge in [-0.15, -0.1) is 5.10 Å². The number of carbonyl (C=O) groups is 1. The van der Waals surface area contributed by atoms with E-state index in [0.29, 0.717) is 23.0 Å². The molecule has 1 aromatic heterocycles. The van der Waals surface area contributed by atoms with E-state index in [2.05, 4.69) is 34.3 Å². The summed E-state index contributed by atoms with van der Waals surface area (Å²) in [4.78, 5) is 16.3. The molecule has 0 bridgehead atoms. The molecule has 1 amide bonds. The number of carbonyl (C=O) groups excluding carboxylic acids is 1. The van der Waals surface area contributed by atoms with E-state index < -0.39 is 0 Å². The summed E-state index contributed by atoms with van der Waals surface area (Å²) in [7, 11) is 0. The quantitative estimate of drug-likeness (QED) is 0.766. The number of hydrogen-bond acceptors (Lipinski definition) is 5. The molecule has 146 valence electrons. The lowest BCUT2D eigenvalue weighted by Gasteiger charge is -2.35. The van der Waals surface area contributed by atoms with E-state index >= 15 is 0 Å². The number of nitrogens with one attached hydrogen (secondary N) is 1. The molecule has 1 aliphatic heterocycles. The number of aromatic nitrogens is 3. The van der Waals surface area contributed by atoms with Crippen LogP contribution in [0, 0.1) is 6.92 Å². The van der Waals surface area contributed by atoms with Gasteiger partial charge in [-0.05, 0) is 45.4 Å². The highest BCUT2D eigenvalue weighted by Crippen LogP contribution is 2.14. The molecule has 2 heterocycles. The predicted octanol–water partition coefficient (Wildman–Crippen LogP) is 2.46. The average molecular weight is 392 g/mol. The molecule has 1 aliphatic rings. The highest BCUT2D eigenvalue weighted by atomic mass is 35.5. The van der Waals surface area contributed by atoms with Crippen molar-refractivity contribution >= 4 is 17.5 Å². The van der Waals surface area contributed by atoms with E-state index in [1.54, 1.807) is 19.1 Å². The lowest BCUT2D eigenvalue weighted by Crippen LogP contribution is -2.46. The number of aryl methyl sites for hydroxylation is 1. The van der Waals surface area contributed by atoms with Crippen LogP contribution >= 0.6 is 11.6 Å². The van der Waals surface area contributed by atoms with Gasteiger partial charge in [-0.25, -0.2) is 0 Å². The summed E-state index contributed by atoms with van der Waals surface area (Å²) in [5.74, 6) is -0.204. The molecule has 1 fully saturated rings. The minimum Gasteiger partial charge on any atom is -0.373 e. The topological polar surface area (TPSA) is 72.3 Å². The molecule has 7 nitrogen and oxygen atoms in total. The Morgan fingerprint density at radius 1 is 1.30 bits per heavy atom. The number of rotatable bonds is 6. The van der Waals surface area contributed by atoms with Crippen LogP contribution in [-0.2, 0) is 4.74 Å². The van der Waals surface area contributed by atoms with Crippen LogP contribution in [-0.4, -0.2) is 64.2 Å². The van der Waals surface area contributed by atoms with Crippen molar-refractivity contribution in [3.05, 3.63) is 40.7 Å². The number of halogens is 1. The SMILES string of the molecule is Cc1nn(-c2cccc(Cl)c2)nc1C(=O)NCCCN1CC(C)OC(C)C1. The van der Waals surface area contributed by atoms with Crippen molar-refractivity contribution in [2.24, 2.45) is 0 Å². The van der Waals surface area contributed by atoms with Gasteiger partial charge in [-0.1, -0.05) is 17.7 Å². The molecule has 0 spiro atoms. The van der Waals surface area contributed by atoms with Crippen molar-refractivity contribution in [3.63, 3.8) is 0 Å². The van der Waals surface area contributed by atoms with Gasteiger partial charge in [0.1, 0.15) is 0 Å². The van der Waals surface area contributed by atoms with E-state index in [1.165, 1.54) is 4.80 Å². The van der Waals surface area contributed by atoms with E-state index in [-0.39, 0.29) is 18.1 Å². The monoisotopic (exact) mass is 391 g/mol. The van der Waals surface area contributed by atoms with Gasteiger partial charge >= 0.3 is 0 Å². The van der Waals surface area contributed by atoms with Gasteiger partial charge in [-0.2, -0.15) is 9.90 Å². The fourth-order valence-electron chi connectivity index (χ4n) is 3.36. The zero-order valence-corrected chi connectivity index (χ0v) is 16.7. The molecular formula is C19H26ClN5O2. The number of ether oxygens (including phenoxy) is 1. The first-order chi connectivity index (χ1) is 12.9. The summed E-state index contributed by atoms with van der Waals surface area (Å²) in [6.07, 6.45) is 1.40. The molecule has 0 aliphatic carbocycles. The first-order valence-corrected chi connectivity index (χ1v) is 9.66. The smallest absolute Gasteiger partial charge is 0.273 e. The van der Waals surface area contributed by atoms with Gasteiger partial charge in [0.25, 0.3) is 5.91 Å². The number of nitrogens with zero attached hydrogens (tertiary/aromatic N) is 4. The highest BCUT2D eigenvalue weighted by molar-refractivity contribution is 6.30. The summed E-state index contributed by atoms with van der Waals surface area (Å²) >= 11 is 6.01. The fourth-order valence-corrected chi connectivity index (χ4v) is 3.54. The Labute approximate surface area is 164 Å². The van der Waals surface area contributed by atoms with Crippen molar-refractivity contribution < 1.29 is 9.53 Å². The summed E-state index contributed by atoms with van der Waals surface area (Å²) in [6, 6.07) is 7.21. The molecule has 1 saturated heterocycles. The van der Waals surface area contributed by atoms with E-state index in [9.17, 15) is 4.79 Å². The van der Waals surface area contributed by atoms with Gasteiger partial charge in [0.2, 0.25) is 0 Å². The van der Waals surface area contributed by atoms with Crippen LogP contribution in [0.5, 0.6) is 0 Å². The summed E-state index contributed by atoms with van der Waals surface area (Å²) in [5, 5.41) is 12.2. The van der Waals surface area contributed by atoms with Crippen molar-refractivity contribution in [3.8, 4) is 5.69 Å². The van der Waals surface area contributed by atoms with Crippen LogP contribution in [0.2, 0.25) is 5.02 Å². The molecule has 3 rings (SSSR count). The molecule has 0 radical (unpaired) electrons. The van der Waals surface area contributed by atoms with Gasteiger partial charge < -0.3 is 10.1 Å². The summed E-state index contributed by atoms with van der Waals surface area (Å²) in [5.41, 5.74) is 1.65. The molecule has 0 saturated carbocycles. The van der Waals surface area contributed by atoms with E-state index in [4.69, 9.17) is 16.3 Å². The maximum absolute atomic E-state index is 12.4. The lowest BCUT2D eigenvalue weighted by molar-refractivity contribution is -0.0680. The number of benzene rings is 1. The molecule has 2 aromatic rings. The maximum Gasteiger partial charge on any atom is 0.273 e. The normalized spacial score (nSPS) is 20.6. The maximum atomic E-state index is 12.4. The van der Waals surface area contributed by atoms with E-state index in [1.807, 2.05) is 12.1 Å². The largest absolute Gasteiger partial charge is 0.373 e. The number of morpholine rings is 1. The molecule has 1 N–H and O–H groups in total. The Balaban J connectivity index is 1.51. The second-order valence-corrected chi connectivity index (χ2v) is 7.47. The molecule has 2 atom stereocenters. The van der Waals surface area contributed by atoms with Crippen LogP contribution in [0.4, 0.5) is 0 Å². The van der Waals surface area contributed by atoms with Crippen molar-refractivity contribution in [2.45, 2.75) is 39.4 Å². The summed E-state index contributed by atoms with van der Waals surface area (Å²) in [6.45, 7) is 9.37. The first kappa shape index (κ1) is 19.8. The second kappa shape index (κ2) is 8.82. The van der Waals surface area contributed by atoms with Crippen LogP contribution in [0.25, 0.3) is 5.69 Å². The predicted molar refractivity (Wildman–Crippen MR) is 105 cm³/mol. The van der Waals surface area contributed by atoms with Gasteiger partial charge in [0.15, 0.2) is 5.69 Å². The molecule has 8 heteroatoms. The van der Waals surface area contributed by atoms with Crippen molar-refractivity contribution in [1.82, 2.24) is 25.2 Å². The zero-order chi connectivity index (χ0) is 19.4. The van der Waals surface area contributed by atoms with Gasteiger partial charge in [-0.3, -0.25) is 9.69 Å². The first-order valence-electron chi connectivity index (χ1n) is 9.28. The standard InChI is InChI=1S/C19H26ClN5O2/c1-13-11-24(12-14(2)27-13)9-5-8-21-19(26)18-15(3)22-25(23-18)17-7-4-6-16(20)10-17/h4,6-7,10,13-14H,5,8-9,11-12H2,1-3H3,(H,21,26). The third-order valence-electron chi connectivity index (χ3n) is 4.47. The minimum absolute atomic E-state index is 0.204. The van der Waals surface area contributed by atoms with Crippen LogP contribution in [0.15, 0.2) is 24.3 Å². The van der Waals surface area contributed by atoms with Crippen molar-refractivity contribution in [2.75, 3.05) is 26.2 Å². The Kier molecular flexibility index (Phi) is 6.46. The van der Waals surface area contributed by atoms with Crippen LogP contribution in [0.3, 0.4) is 0 Å². The molecule has 2 unspecified atom stereocenters. The van der Waals surface area contributed by atoms with Crippen molar-refractivity contribution in [1.29, 1.82) is 0 Å². The third kappa shape index (κ3) is 5.28. The van der Waals surface area contributed by atoms with Crippen LogP contribution in [0.1, 0.15) is 36.5 Å². The molecular weight excluding hydrogens is 366 g/mol. The third-order valence-corrected chi connectivity index (χ3v) is 4.70. The van der Waals surface area contributed by atoms with Gasteiger partial charge in [0, 0.05) is 31.2 Å². The lowest BCUT2D eigenvalue weighted by atomic mass is 10.2. The Morgan fingerprint density at radius 3 is 2.74 bits per heavy atom. The second-order valence-electron chi connectivity index (χ2n) is 7.03. The summed E-state index contributed by atoms with van der Waals surface area (Å²) < 4.78 is 5.74. The Hall–Kier alpha value is -1.96.